The summed E-state index contributed by atoms with van der Waals surface area (Å²) in [5, 5.41) is 3.08. The minimum absolute atomic E-state index is 0. The Bertz CT molecular complexity index is 347. The summed E-state index contributed by atoms with van der Waals surface area (Å²) >= 11 is 0. The second-order valence-electron chi connectivity index (χ2n) is 5.52. The number of hydrogen-bond donors (Lipinski definition) is 1. The van der Waals surface area contributed by atoms with Crippen molar-refractivity contribution in [2.75, 3.05) is 39.4 Å². The van der Waals surface area contributed by atoms with Gasteiger partial charge in [0.15, 0.2) is 0 Å². The van der Waals surface area contributed by atoms with Crippen LogP contribution in [0.1, 0.15) is 32.1 Å². The van der Waals surface area contributed by atoms with Gasteiger partial charge in [0.1, 0.15) is 6.67 Å². The van der Waals surface area contributed by atoms with E-state index in [4.69, 9.17) is 0 Å². The van der Waals surface area contributed by atoms with Gasteiger partial charge in [0.2, 0.25) is 11.8 Å². The van der Waals surface area contributed by atoms with Crippen LogP contribution >= 0.6 is 12.4 Å². The lowest BCUT2D eigenvalue weighted by Crippen LogP contribution is -2.56. The van der Waals surface area contributed by atoms with Crippen LogP contribution in [0.3, 0.4) is 0 Å². The van der Waals surface area contributed by atoms with Gasteiger partial charge in [-0.15, -0.1) is 12.4 Å². The van der Waals surface area contributed by atoms with Crippen molar-refractivity contribution in [2.24, 2.45) is 0 Å². The fourth-order valence-electron chi connectivity index (χ4n) is 2.90. The smallest absolute Gasteiger partial charge is 0.240 e. The third-order valence-electron chi connectivity index (χ3n) is 4.07. The van der Waals surface area contributed by atoms with E-state index < -0.39 is 12.7 Å². The molecular weight excluding hydrogens is 297 g/mol. The molecule has 2 aliphatic heterocycles. The highest BCUT2D eigenvalue weighted by atomic mass is 35.5. The Balaban J connectivity index is 0.00000220. The van der Waals surface area contributed by atoms with E-state index in [0.717, 1.165) is 25.9 Å². The van der Waals surface area contributed by atoms with Gasteiger partial charge in [0, 0.05) is 32.7 Å². The Morgan fingerprint density at radius 1 is 1.19 bits per heavy atom. The number of carbonyl (C=O) groups excluding carboxylic acids is 2. The van der Waals surface area contributed by atoms with Crippen molar-refractivity contribution in [2.45, 2.75) is 38.1 Å². The lowest BCUT2D eigenvalue weighted by atomic mass is 10.1. The lowest BCUT2D eigenvalue weighted by Gasteiger charge is -2.33. The molecule has 7 heteroatoms. The first-order valence-corrected chi connectivity index (χ1v) is 7.58. The summed E-state index contributed by atoms with van der Waals surface area (Å²) < 4.78 is 12.4. The SMILES string of the molecule is Cl.O=C(CC1NCCN(CCF)C1=O)N1CCCCCC1. The fraction of sp³-hybridized carbons (Fsp3) is 0.857. The molecule has 0 saturated carbocycles. The fourth-order valence-corrected chi connectivity index (χ4v) is 2.90. The van der Waals surface area contributed by atoms with Crippen LogP contribution in [-0.2, 0) is 9.59 Å². The van der Waals surface area contributed by atoms with Gasteiger partial charge in [-0.3, -0.25) is 9.59 Å². The van der Waals surface area contributed by atoms with Crippen LogP contribution in [0.2, 0.25) is 0 Å². The number of piperazine rings is 1. The molecule has 122 valence electrons. The average molecular weight is 322 g/mol. The van der Waals surface area contributed by atoms with Crippen molar-refractivity contribution < 1.29 is 14.0 Å². The molecule has 5 nitrogen and oxygen atoms in total. The molecule has 0 aromatic carbocycles. The van der Waals surface area contributed by atoms with Gasteiger partial charge in [-0.1, -0.05) is 12.8 Å². The summed E-state index contributed by atoms with van der Waals surface area (Å²) in [4.78, 5) is 27.8. The van der Waals surface area contributed by atoms with E-state index in [1.54, 1.807) is 0 Å². The second kappa shape index (κ2) is 9.20. The number of nitrogens with zero attached hydrogens (tertiary/aromatic N) is 2. The summed E-state index contributed by atoms with van der Waals surface area (Å²) in [6.07, 6.45) is 4.64. The van der Waals surface area contributed by atoms with E-state index >= 15 is 0 Å². The number of halogens is 2. The molecule has 2 fully saturated rings. The van der Waals surface area contributed by atoms with E-state index in [0.29, 0.717) is 13.1 Å². The normalized spacial score (nSPS) is 23.5. The van der Waals surface area contributed by atoms with Crippen molar-refractivity contribution in [3.05, 3.63) is 0 Å². The molecule has 2 saturated heterocycles. The molecule has 0 bridgehead atoms. The Labute approximate surface area is 131 Å². The summed E-state index contributed by atoms with van der Waals surface area (Å²) in [7, 11) is 0. The monoisotopic (exact) mass is 321 g/mol. The van der Waals surface area contributed by atoms with Gasteiger partial charge in [-0.25, -0.2) is 4.39 Å². The minimum Gasteiger partial charge on any atom is -0.343 e. The Hall–Kier alpha value is -0.880. The molecule has 1 atom stereocenters. The standard InChI is InChI=1S/C14H24FN3O2.ClH/c15-5-9-18-10-6-16-12(14(18)20)11-13(19)17-7-3-1-2-4-8-17;/h12,16H,1-11H2;1H. The van der Waals surface area contributed by atoms with Crippen molar-refractivity contribution in [1.29, 1.82) is 0 Å². The van der Waals surface area contributed by atoms with Crippen LogP contribution < -0.4 is 5.32 Å². The molecule has 2 aliphatic rings. The first-order valence-electron chi connectivity index (χ1n) is 7.58. The van der Waals surface area contributed by atoms with Crippen LogP contribution in [0, 0.1) is 0 Å². The van der Waals surface area contributed by atoms with Crippen LogP contribution in [0.25, 0.3) is 0 Å². The molecule has 2 heterocycles. The van der Waals surface area contributed by atoms with E-state index in [1.807, 2.05) is 4.90 Å². The molecule has 0 radical (unpaired) electrons. The molecule has 0 aromatic rings. The van der Waals surface area contributed by atoms with Crippen molar-refractivity contribution in [3.8, 4) is 0 Å². The summed E-state index contributed by atoms with van der Waals surface area (Å²) in [5.74, 6) is -0.100. The quantitative estimate of drug-likeness (QED) is 0.839. The average Bonchev–Trinajstić information content (AvgIpc) is 2.72. The topological polar surface area (TPSA) is 52.7 Å². The van der Waals surface area contributed by atoms with Crippen LogP contribution in [0.15, 0.2) is 0 Å². The van der Waals surface area contributed by atoms with Gasteiger partial charge in [0.05, 0.1) is 12.5 Å². The molecule has 2 rings (SSSR count). The predicted octanol–water partition coefficient (Wildman–Crippen LogP) is 0.971. The first-order chi connectivity index (χ1) is 9.72. The van der Waals surface area contributed by atoms with Crippen LogP contribution in [0.4, 0.5) is 4.39 Å². The number of carbonyl (C=O) groups is 2. The largest absolute Gasteiger partial charge is 0.343 e. The highest BCUT2D eigenvalue weighted by molar-refractivity contribution is 5.89. The third kappa shape index (κ3) is 5.11. The summed E-state index contributed by atoms with van der Waals surface area (Å²) in [6, 6.07) is -0.481. The number of likely N-dealkylation sites (tertiary alicyclic amines) is 1. The van der Waals surface area contributed by atoms with Gasteiger partial charge in [-0.2, -0.15) is 0 Å². The van der Waals surface area contributed by atoms with E-state index in [2.05, 4.69) is 5.32 Å². The Kier molecular flexibility index (Phi) is 7.96. The van der Waals surface area contributed by atoms with Crippen molar-refractivity contribution >= 4 is 24.2 Å². The maximum Gasteiger partial charge on any atom is 0.240 e. The summed E-state index contributed by atoms with van der Waals surface area (Å²) in [5.41, 5.74) is 0. The maximum atomic E-state index is 12.4. The highest BCUT2D eigenvalue weighted by Crippen LogP contribution is 2.13. The third-order valence-corrected chi connectivity index (χ3v) is 4.07. The zero-order valence-corrected chi connectivity index (χ0v) is 13.2. The second-order valence-corrected chi connectivity index (χ2v) is 5.52. The molecule has 1 N–H and O–H groups in total. The zero-order chi connectivity index (χ0) is 14.4. The van der Waals surface area contributed by atoms with E-state index in [1.165, 1.54) is 17.7 Å². The molecule has 0 aliphatic carbocycles. The number of amides is 2. The van der Waals surface area contributed by atoms with Gasteiger partial charge in [0.25, 0.3) is 0 Å². The molecule has 0 spiro atoms. The molecule has 2 amide bonds. The maximum absolute atomic E-state index is 12.4. The van der Waals surface area contributed by atoms with Crippen LogP contribution in [0.5, 0.6) is 0 Å². The summed E-state index contributed by atoms with van der Waals surface area (Å²) in [6.45, 7) is 2.36. The number of hydrogen-bond acceptors (Lipinski definition) is 3. The number of alkyl halides is 1. The van der Waals surface area contributed by atoms with Gasteiger partial charge >= 0.3 is 0 Å². The van der Waals surface area contributed by atoms with Crippen molar-refractivity contribution in [1.82, 2.24) is 15.1 Å². The molecular formula is C14H25ClFN3O2. The van der Waals surface area contributed by atoms with Gasteiger partial charge < -0.3 is 15.1 Å². The minimum atomic E-state index is -0.529. The lowest BCUT2D eigenvalue weighted by molar-refractivity contribution is -0.141. The predicted molar refractivity (Wildman–Crippen MR) is 81.3 cm³/mol. The molecule has 21 heavy (non-hydrogen) atoms. The Morgan fingerprint density at radius 3 is 2.48 bits per heavy atom. The van der Waals surface area contributed by atoms with Crippen LogP contribution in [-0.4, -0.2) is 67.1 Å². The first kappa shape index (κ1) is 18.2. The number of nitrogens with one attached hydrogen (secondary N) is 1. The molecule has 1 unspecified atom stereocenters. The van der Waals surface area contributed by atoms with E-state index in [9.17, 15) is 14.0 Å². The van der Waals surface area contributed by atoms with Gasteiger partial charge in [-0.05, 0) is 12.8 Å². The van der Waals surface area contributed by atoms with E-state index in [-0.39, 0.29) is 37.2 Å². The number of rotatable bonds is 4. The highest BCUT2D eigenvalue weighted by Gasteiger charge is 2.31. The Morgan fingerprint density at radius 2 is 1.86 bits per heavy atom. The van der Waals surface area contributed by atoms with Crippen molar-refractivity contribution in [3.63, 3.8) is 0 Å². The molecule has 0 aromatic heterocycles. The zero-order valence-electron chi connectivity index (χ0n) is 12.4.